The molecule has 1 aliphatic heterocycles. The van der Waals surface area contributed by atoms with Gasteiger partial charge in [-0.2, -0.15) is 4.31 Å². The lowest BCUT2D eigenvalue weighted by molar-refractivity contribution is -0.145. The van der Waals surface area contributed by atoms with Crippen LogP contribution in [0, 0.1) is 0 Å². The van der Waals surface area contributed by atoms with Crippen molar-refractivity contribution in [1.82, 2.24) is 9.62 Å². The van der Waals surface area contributed by atoms with Gasteiger partial charge in [0.05, 0.1) is 4.90 Å². The van der Waals surface area contributed by atoms with Crippen LogP contribution in [0.4, 0.5) is 0 Å². The molecule has 1 aliphatic rings. The third kappa shape index (κ3) is 4.80. The van der Waals surface area contributed by atoms with Gasteiger partial charge >= 0.3 is 5.97 Å². The average molecular weight is 432 g/mol. The number of nitrogens with zero attached hydrogens (tertiary/aromatic N) is 1. The third-order valence-electron chi connectivity index (χ3n) is 4.93. The van der Waals surface area contributed by atoms with Gasteiger partial charge in [0.1, 0.15) is 12.4 Å². The molecule has 0 saturated carbocycles. The zero-order chi connectivity index (χ0) is 21.8. The Morgan fingerprint density at radius 3 is 2.40 bits per heavy atom. The van der Waals surface area contributed by atoms with Crippen molar-refractivity contribution in [3.63, 3.8) is 0 Å². The first-order valence-corrected chi connectivity index (χ1v) is 11.0. The number of para-hydroxylation sites is 1. The Kier molecular flexibility index (Phi) is 6.42. The van der Waals surface area contributed by atoms with Crippen LogP contribution in [0.15, 0.2) is 59.5 Å². The van der Waals surface area contributed by atoms with Crippen LogP contribution in [-0.2, 0) is 14.8 Å². The summed E-state index contributed by atoms with van der Waals surface area (Å²) in [6.07, 6.45) is 1.61. The van der Waals surface area contributed by atoms with E-state index in [2.05, 4.69) is 5.32 Å². The van der Waals surface area contributed by atoms with Gasteiger partial charge < -0.3 is 15.2 Å². The summed E-state index contributed by atoms with van der Waals surface area (Å²) in [6, 6.07) is 14.3. The second kappa shape index (κ2) is 8.85. The maximum Gasteiger partial charge on any atom is 0.332 e. The van der Waals surface area contributed by atoms with Crippen LogP contribution in [0.25, 0.3) is 0 Å². The van der Waals surface area contributed by atoms with E-state index < -0.39 is 27.4 Å². The number of ether oxygens (including phenoxy) is 1. The normalized spacial score (nSPS) is 16.6. The van der Waals surface area contributed by atoms with E-state index in [-0.39, 0.29) is 17.1 Å². The number of sulfonamides is 1. The van der Waals surface area contributed by atoms with Crippen LogP contribution in [0.5, 0.6) is 5.75 Å². The van der Waals surface area contributed by atoms with Gasteiger partial charge in [0, 0.05) is 18.7 Å². The Morgan fingerprint density at radius 2 is 1.77 bits per heavy atom. The van der Waals surface area contributed by atoms with Crippen molar-refractivity contribution in [2.75, 3.05) is 19.7 Å². The molecule has 30 heavy (non-hydrogen) atoms. The van der Waals surface area contributed by atoms with Crippen LogP contribution in [0.3, 0.4) is 0 Å². The molecule has 1 fully saturated rings. The van der Waals surface area contributed by atoms with Gasteiger partial charge in [-0.15, -0.1) is 0 Å². The highest BCUT2D eigenvalue weighted by Crippen LogP contribution is 2.22. The van der Waals surface area contributed by atoms with Crippen molar-refractivity contribution in [1.29, 1.82) is 0 Å². The van der Waals surface area contributed by atoms with E-state index >= 15 is 0 Å². The molecule has 0 aliphatic carbocycles. The van der Waals surface area contributed by atoms with Gasteiger partial charge in [-0.05, 0) is 50.1 Å². The molecule has 1 amide bonds. The zero-order valence-corrected chi connectivity index (χ0v) is 17.4. The molecular formula is C21H24N2O6S. The largest absolute Gasteiger partial charge is 0.491 e. The number of benzene rings is 2. The van der Waals surface area contributed by atoms with Gasteiger partial charge in [0.15, 0.2) is 5.54 Å². The third-order valence-corrected chi connectivity index (χ3v) is 6.83. The molecular weight excluding hydrogens is 408 g/mol. The lowest BCUT2D eigenvalue weighted by Gasteiger charge is -2.26. The van der Waals surface area contributed by atoms with Crippen molar-refractivity contribution < 1.29 is 27.9 Å². The number of carbonyl (C=O) groups is 2. The number of carboxylic acid groups (broad SMARTS) is 1. The summed E-state index contributed by atoms with van der Waals surface area (Å²) in [7, 11) is -3.69. The Hall–Kier alpha value is -2.91. The smallest absolute Gasteiger partial charge is 0.332 e. The lowest BCUT2D eigenvalue weighted by Crippen LogP contribution is -2.56. The van der Waals surface area contributed by atoms with Crippen molar-refractivity contribution >= 4 is 21.9 Å². The van der Waals surface area contributed by atoms with E-state index in [0.29, 0.717) is 18.8 Å². The molecule has 0 unspecified atom stereocenters. The minimum absolute atomic E-state index is 0.00890. The first-order valence-electron chi connectivity index (χ1n) is 9.56. The Labute approximate surface area is 175 Å². The fourth-order valence-electron chi connectivity index (χ4n) is 3.09. The number of hydrogen-bond donors (Lipinski definition) is 2. The fourth-order valence-corrected chi connectivity index (χ4v) is 4.66. The minimum Gasteiger partial charge on any atom is -0.491 e. The summed E-state index contributed by atoms with van der Waals surface area (Å²) in [5, 5.41) is 12.1. The van der Waals surface area contributed by atoms with E-state index in [1.165, 1.54) is 35.5 Å². The number of rotatable bonds is 8. The molecule has 1 saturated heterocycles. The molecule has 0 bridgehead atoms. The SMILES string of the molecule is C[C@@](COc1ccccc1)(NC(=O)c1cccc(S(=O)(=O)N2CCCC2)c1)C(=O)O. The van der Waals surface area contributed by atoms with Crippen LogP contribution < -0.4 is 10.1 Å². The summed E-state index contributed by atoms with van der Waals surface area (Å²) in [6.45, 7) is 1.93. The Bertz CT molecular complexity index is 1020. The highest BCUT2D eigenvalue weighted by molar-refractivity contribution is 7.89. The summed E-state index contributed by atoms with van der Waals surface area (Å²) < 4.78 is 32.4. The van der Waals surface area contributed by atoms with Gasteiger partial charge in [-0.25, -0.2) is 13.2 Å². The molecule has 160 valence electrons. The molecule has 3 rings (SSSR count). The molecule has 2 aromatic rings. The number of aliphatic carboxylic acids is 1. The monoisotopic (exact) mass is 432 g/mol. The molecule has 9 heteroatoms. The first-order chi connectivity index (χ1) is 14.2. The summed E-state index contributed by atoms with van der Waals surface area (Å²) in [4.78, 5) is 24.6. The molecule has 1 atom stereocenters. The van der Waals surface area contributed by atoms with Crippen molar-refractivity contribution in [3.8, 4) is 5.75 Å². The maximum absolute atomic E-state index is 12.7. The Balaban J connectivity index is 1.77. The number of amides is 1. The van der Waals surface area contributed by atoms with E-state index in [9.17, 15) is 23.1 Å². The molecule has 1 heterocycles. The van der Waals surface area contributed by atoms with E-state index in [4.69, 9.17) is 4.74 Å². The minimum atomic E-state index is -3.69. The lowest BCUT2D eigenvalue weighted by atomic mass is 10.0. The number of carbonyl (C=O) groups excluding carboxylic acids is 1. The second-order valence-electron chi connectivity index (χ2n) is 7.33. The first kappa shape index (κ1) is 21.8. The molecule has 2 aromatic carbocycles. The molecule has 0 radical (unpaired) electrons. The zero-order valence-electron chi connectivity index (χ0n) is 16.6. The maximum atomic E-state index is 12.7. The summed E-state index contributed by atoms with van der Waals surface area (Å²) in [5.41, 5.74) is -1.65. The van der Waals surface area contributed by atoms with Gasteiger partial charge in [-0.1, -0.05) is 24.3 Å². The van der Waals surface area contributed by atoms with Gasteiger partial charge in [0.2, 0.25) is 10.0 Å². The molecule has 0 aromatic heterocycles. The highest BCUT2D eigenvalue weighted by Gasteiger charge is 2.37. The summed E-state index contributed by atoms with van der Waals surface area (Å²) >= 11 is 0. The molecule has 8 nitrogen and oxygen atoms in total. The predicted octanol–water partition coefficient (Wildman–Crippen LogP) is 2.12. The van der Waals surface area contributed by atoms with Crippen molar-refractivity contribution in [2.24, 2.45) is 0 Å². The van der Waals surface area contributed by atoms with E-state index in [1.54, 1.807) is 30.3 Å². The molecule has 2 N–H and O–H groups in total. The number of nitrogens with one attached hydrogen (secondary N) is 1. The van der Waals surface area contributed by atoms with Crippen LogP contribution in [-0.4, -0.2) is 54.9 Å². The van der Waals surface area contributed by atoms with Crippen molar-refractivity contribution in [2.45, 2.75) is 30.2 Å². The average Bonchev–Trinajstić information content (AvgIpc) is 3.29. The topological polar surface area (TPSA) is 113 Å². The second-order valence-corrected chi connectivity index (χ2v) is 9.27. The van der Waals surface area contributed by atoms with Crippen LogP contribution in [0.1, 0.15) is 30.1 Å². The predicted molar refractivity (Wildman–Crippen MR) is 110 cm³/mol. The quantitative estimate of drug-likeness (QED) is 0.661. The van der Waals surface area contributed by atoms with Crippen molar-refractivity contribution in [3.05, 3.63) is 60.2 Å². The molecule has 0 spiro atoms. The van der Waals surface area contributed by atoms with Crippen LogP contribution >= 0.6 is 0 Å². The fraction of sp³-hybridized carbons (Fsp3) is 0.333. The van der Waals surface area contributed by atoms with Gasteiger partial charge in [-0.3, -0.25) is 4.79 Å². The van der Waals surface area contributed by atoms with E-state index in [1.807, 2.05) is 0 Å². The standard InChI is InChI=1S/C21H24N2O6S/c1-21(20(25)26,15-29-17-9-3-2-4-10-17)22-19(24)16-8-7-11-18(14-16)30(27,28)23-12-5-6-13-23/h2-4,7-11,14H,5-6,12-13,15H2,1H3,(H,22,24)(H,25,26)/t21-/m0/s1. The summed E-state index contributed by atoms with van der Waals surface area (Å²) in [5.74, 6) is -1.50. The highest BCUT2D eigenvalue weighted by atomic mass is 32.2. The Morgan fingerprint density at radius 1 is 1.10 bits per heavy atom. The van der Waals surface area contributed by atoms with E-state index in [0.717, 1.165) is 12.8 Å². The number of carboxylic acids is 1. The number of hydrogen-bond acceptors (Lipinski definition) is 5. The van der Waals surface area contributed by atoms with Crippen LogP contribution in [0.2, 0.25) is 0 Å². The van der Waals surface area contributed by atoms with Gasteiger partial charge in [0.25, 0.3) is 5.91 Å².